The zero-order valence-electron chi connectivity index (χ0n) is 14.4. The number of benzene rings is 1. The second-order valence-corrected chi connectivity index (χ2v) is 5.55. The van der Waals surface area contributed by atoms with Gasteiger partial charge in [-0.15, -0.1) is 12.4 Å². The lowest BCUT2D eigenvalue weighted by atomic mass is 10.1. The van der Waals surface area contributed by atoms with Crippen LogP contribution >= 0.6 is 12.4 Å². The van der Waals surface area contributed by atoms with E-state index in [1.54, 1.807) is 19.2 Å². The Kier molecular flexibility index (Phi) is 7.69. The molecule has 9 heteroatoms. The Morgan fingerprint density at radius 2 is 1.84 bits per heavy atom. The minimum Gasteiger partial charge on any atom is -0.496 e. The maximum atomic E-state index is 13.1. The van der Waals surface area contributed by atoms with E-state index in [1.807, 2.05) is 0 Å². The van der Waals surface area contributed by atoms with Crippen LogP contribution in [0.2, 0.25) is 0 Å². The first-order valence-corrected chi connectivity index (χ1v) is 7.58. The third-order valence-electron chi connectivity index (χ3n) is 3.92. The molecule has 1 unspecified atom stereocenters. The molecule has 1 heterocycles. The number of rotatable bonds is 7. The Balaban J connectivity index is 0.00000312. The van der Waals surface area contributed by atoms with Crippen LogP contribution in [0.25, 0.3) is 0 Å². The standard InChI is InChI=1S/C16H22F2N2O4.ClH/c1-22-10-6-13(23-2)11(14(7-10)24-3)4-5-19-15(21)12-8-16(17,18)9-20-12;/h6-7,12,20H,4-5,8-9H2,1-3H3,(H,19,21);1H. The fourth-order valence-electron chi connectivity index (χ4n) is 2.66. The second-order valence-electron chi connectivity index (χ2n) is 5.55. The van der Waals surface area contributed by atoms with Gasteiger partial charge in [-0.2, -0.15) is 0 Å². The number of carbonyl (C=O) groups excluding carboxylic acids is 1. The molecule has 1 amide bonds. The van der Waals surface area contributed by atoms with Gasteiger partial charge in [-0.05, 0) is 6.42 Å². The number of carbonyl (C=O) groups is 1. The highest BCUT2D eigenvalue weighted by molar-refractivity contribution is 5.85. The lowest BCUT2D eigenvalue weighted by Gasteiger charge is -2.16. The Hall–Kier alpha value is -1.80. The number of halogens is 3. The average molecular weight is 381 g/mol. The molecule has 1 aliphatic rings. The van der Waals surface area contributed by atoms with Gasteiger partial charge >= 0.3 is 0 Å². The maximum Gasteiger partial charge on any atom is 0.262 e. The number of methoxy groups -OCH3 is 3. The number of nitrogens with one attached hydrogen (secondary N) is 2. The van der Waals surface area contributed by atoms with Gasteiger partial charge in [0.1, 0.15) is 17.2 Å². The van der Waals surface area contributed by atoms with Crippen molar-refractivity contribution < 1.29 is 27.8 Å². The van der Waals surface area contributed by atoms with Crippen LogP contribution in [0.1, 0.15) is 12.0 Å². The SMILES string of the molecule is COc1cc(OC)c(CCNC(=O)C2CC(F)(F)CN2)c(OC)c1.Cl. The van der Waals surface area contributed by atoms with Gasteiger partial charge in [0.2, 0.25) is 5.91 Å². The summed E-state index contributed by atoms with van der Waals surface area (Å²) in [5, 5.41) is 5.19. The summed E-state index contributed by atoms with van der Waals surface area (Å²) in [4.78, 5) is 11.9. The molecule has 0 saturated carbocycles. The first-order valence-electron chi connectivity index (χ1n) is 7.58. The van der Waals surface area contributed by atoms with E-state index in [4.69, 9.17) is 14.2 Å². The van der Waals surface area contributed by atoms with Crippen molar-refractivity contribution >= 4 is 18.3 Å². The lowest BCUT2D eigenvalue weighted by Crippen LogP contribution is -2.41. The molecule has 1 aromatic rings. The van der Waals surface area contributed by atoms with Gasteiger partial charge in [0, 0.05) is 30.7 Å². The first-order chi connectivity index (χ1) is 11.4. The normalized spacial score (nSPS) is 18.2. The van der Waals surface area contributed by atoms with Crippen molar-refractivity contribution in [1.29, 1.82) is 0 Å². The van der Waals surface area contributed by atoms with Crippen molar-refractivity contribution in [3.8, 4) is 17.2 Å². The third kappa shape index (κ3) is 5.34. The van der Waals surface area contributed by atoms with Crippen LogP contribution in [0.5, 0.6) is 17.2 Å². The predicted octanol–water partition coefficient (Wildman–Crippen LogP) is 1.79. The van der Waals surface area contributed by atoms with Crippen LogP contribution < -0.4 is 24.8 Å². The molecule has 2 N–H and O–H groups in total. The molecular weight excluding hydrogens is 358 g/mol. The average Bonchev–Trinajstić information content (AvgIpc) is 2.94. The molecule has 1 aliphatic heterocycles. The summed E-state index contributed by atoms with van der Waals surface area (Å²) in [7, 11) is 4.60. The van der Waals surface area contributed by atoms with Gasteiger partial charge < -0.3 is 19.5 Å². The van der Waals surface area contributed by atoms with Crippen LogP contribution in [0.4, 0.5) is 8.78 Å². The van der Waals surface area contributed by atoms with Crippen molar-refractivity contribution in [3.05, 3.63) is 17.7 Å². The van der Waals surface area contributed by atoms with E-state index >= 15 is 0 Å². The fraction of sp³-hybridized carbons (Fsp3) is 0.562. The first kappa shape index (κ1) is 21.2. The van der Waals surface area contributed by atoms with E-state index in [1.165, 1.54) is 14.2 Å². The molecule has 0 spiro atoms. The molecular formula is C16H23ClF2N2O4. The van der Waals surface area contributed by atoms with Crippen LogP contribution in [-0.4, -0.2) is 52.3 Å². The van der Waals surface area contributed by atoms with Crippen LogP contribution in [0.15, 0.2) is 12.1 Å². The van der Waals surface area contributed by atoms with Crippen molar-refractivity contribution in [1.82, 2.24) is 10.6 Å². The summed E-state index contributed by atoms with van der Waals surface area (Å²) >= 11 is 0. The molecule has 2 rings (SSSR count). The largest absolute Gasteiger partial charge is 0.496 e. The Morgan fingerprint density at radius 3 is 2.28 bits per heavy atom. The molecule has 0 radical (unpaired) electrons. The summed E-state index contributed by atoms with van der Waals surface area (Å²) in [6.07, 6.45) is -0.0425. The van der Waals surface area contributed by atoms with Crippen molar-refractivity contribution in [2.24, 2.45) is 0 Å². The molecule has 0 aromatic heterocycles. The van der Waals surface area contributed by atoms with Crippen LogP contribution in [0.3, 0.4) is 0 Å². The molecule has 0 bridgehead atoms. The van der Waals surface area contributed by atoms with Gasteiger partial charge in [-0.3, -0.25) is 10.1 Å². The molecule has 6 nitrogen and oxygen atoms in total. The summed E-state index contributed by atoms with van der Waals surface area (Å²) < 4.78 is 42.1. The quantitative estimate of drug-likeness (QED) is 0.755. The molecule has 1 atom stereocenters. The highest BCUT2D eigenvalue weighted by Crippen LogP contribution is 2.34. The van der Waals surface area contributed by atoms with Crippen molar-refractivity contribution in [3.63, 3.8) is 0 Å². The smallest absolute Gasteiger partial charge is 0.262 e. The summed E-state index contributed by atoms with van der Waals surface area (Å²) in [5.41, 5.74) is 0.769. The minimum absolute atomic E-state index is 0. The number of amides is 1. The van der Waals surface area contributed by atoms with E-state index < -0.39 is 30.8 Å². The summed E-state index contributed by atoms with van der Waals surface area (Å²) in [5.74, 6) is -1.52. The van der Waals surface area contributed by atoms with Gasteiger partial charge in [0.05, 0.1) is 33.9 Å². The predicted molar refractivity (Wildman–Crippen MR) is 91.4 cm³/mol. The Bertz CT molecular complexity index is 576. The van der Waals surface area contributed by atoms with E-state index in [0.29, 0.717) is 23.7 Å². The fourth-order valence-corrected chi connectivity index (χ4v) is 2.66. The molecule has 25 heavy (non-hydrogen) atoms. The highest BCUT2D eigenvalue weighted by atomic mass is 35.5. The van der Waals surface area contributed by atoms with Gasteiger partial charge in [0.25, 0.3) is 5.92 Å². The van der Waals surface area contributed by atoms with Crippen LogP contribution in [-0.2, 0) is 11.2 Å². The van der Waals surface area contributed by atoms with Gasteiger partial charge in [-0.1, -0.05) is 0 Å². The summed E-state index contributed by atoms with van der Waals surface area (Å²) in [6, 6.07) is 2.58. The molecule has 1 fully saturated rings. The van der Waals surface area contributed by atoms with E-state index in [2.05, 4.69) is 10.6 Å². The topological polar surface area (TPSA) is 68.8 Å². The Labute approximate surface area is 151 Å². The minimum atomic E-state index is -2.83. The van der Waals surface area contributed by atoms with E-state index in [-0.39, 0.29) is 19.0 Å². The van der Waals surface area contributed by atoms with Gasteiger partial charge in [-0.25, -0.2) is 8.78 Å². The van der Waals surface area contributed by atoms with E-state index in [9.17, 15) is 13.6 Å². The number of ether oxygens (including phenoxy) is 3. The third-order valence-corrected chi connectivity index (χ3v) is 3.92. The molecule has 1 saturated heterocycles. The monoisotopic (exact) mass is 380 g/mol. The lowest BCUT2D eigenvalue weighted by molar-refractivity contribution is -0.123. The number of hydrogen-bond acceptors (Lipinski definition) is 5. The van der Waals surface area contributed by atoms with Crippen LogP contribution in [0, 0.1) is 0 Å². The highest BCUT2D eigenvalue weighted by Gasteiger charge is 2.42. The van der Waals surface area contributed by atoms with Gasteiger partial charge in [0.15, 0.2) is 0 Å². The molecule has 0 aliphatic carbocycles. The molecule has 142 valence electrons. The van der Waals surface area contributed by atoms with Crippen molar-refractivity contribution in [2.45, 2.75) is 24.8 Å². The summed E-state index contributed by atoms with van der Waals surface area (Å²) in [6.45, 7) is -0.188. The second kappa shape index (κ2) is 9.05. The number of hydrogen-bond donors (Lipinski definition) is 2. The van der Waals surface area contributed by atoms with Crippen molar-refractivity contribution in [2.75, 3.05) is 34.4 Å². The molecule has 1 aromatic carbocycles. The number of alkyl halides is 2. The zero-order chi connectivity index (χ0) is 17.7. The maximum absolute atomic E-state index is 13.1. The van der Waals surface area contributed by atoms with E-state index in [0.717, 1.165) is 5.56 Å². The zero-order valence-corrected chi connectivity index (χ0v) is 15.2. The Morgan fingerprint density at radius 1 is 1.24 bits per heavy atom.